The van der Waals surface area contributed by atoms with Crippen molar-refractivity contribution in [2.75, 3.05) is 33.5 Å². The minimum absolute atomic E-state index is 0.245. The second kappa shape index (κ2) is 13.9. The van der Waals surface area contributed by atoms with Crippen LogP contribution in [0.3, 0.4) is 0 Å². The van der Waals surface area contributed by atoms with Gasteiger partial charge in [-0.2, -0.15) is 0 Å². The van der Waals surface area contributed by atoms with Gasteiger partial charge in [-0.25, -0.2) is 0 Å². The largest absolute Gasteiger partial charge is 0.469 e. The summed E-state index contributed by atoms with van der Waals surface area (Å²) in [4.78, 5) is 9.59. The van der Waals surface area contributed by atoms with Gasteiger partial charge < -0.3 is 14.2 Å². The number of hydrogen-bond donors (Lipinski definition) is 0. The van der Waals surface area contributed by atoms with Crippen LogP contribution in [0.1, 0.15) is 20.8 Å². The van der Waals surface area contributed by atoms with Crippen molar-refractivity contribution in [3.05, 3.63) is 0 Å². The van der Waals surface area contributed by atoms with Gasteiger partial charge in [-0.1, -0.05) is 0 Å². The number of ether oxygens (including phenoxy) is 3. The summed E-state index contributed by atoms with van der Waals surface area (Å²) in [5, 5.41) is 0. The smallest absolute Gasteiger partial charge is 0.302 e. The van der Waals surface area contributed by atoms with E-state index in [4.69, 9.17) is 9.47 Å². The van der Waals surface area contributed by atoms with Crippen LogP contribution in [0.25, 0.3) is 0 Å². The van der Waals surface area contributed by atoms with E-state index in [0.29, 0.717) is 0 Å². The Hall–Kier alpha value is -0.610. The summed E-state index contributed by atoms with van der Waals surface area (Å²) in [5.41, 5.74) is 0. The molecule has 0 rings (SSSR count). The van der Waals surface area contributed by atoms with Gasteiger partial charge in [0.1, 0.15) is 0 Å². The molecule has 4 nitrogen and oxygen atoms in total. The molecule has 0 unspecified atom stereocenters. The Morgan fingerprint density at radius 3 is 1.54 bits per heavy atom. The summed E-state index contributed by atoms with van der Waals surface area (Å²) in [6, 6.07) is 0. The van der Waals surface area contributed by atoms with Gasteiger partial charge in [-0.15, -0.1) is 0 Å². The zero-order valence-electron chi connectivity index (χ0n) is 8.96. The first-order valence-electron chi connectivity index (χ1n) is 4.39. The number of rotatable bonds is 5. The maximum absolute atomic E-state index is 9.59. The highest BCUT2D eigenvalue weighted by Gasteiger charge is 1.81. The van der Waals surface area contributed by atoms with Gasteiger partial charge in [-0.05, 0) is 13.8 Å². The zero-order valence-corrected chi connectivity index (χ0v) is 8.96. The lowest BCUT2D eigenvalue weighted by Gasteiger charge is -1.99. The Kier molecular flexibility index (Phi) is 16.0. The van der Waals surface area contributed by atoms with Crippen LogP contribution in [-0.4, -0.2) is 39.5 Å². The van der Waals surface area contributed by atoms with Crippen LogP contribution in [0, 0.1) is 0 Å². The molecule has 0 aromatic heterocycles. The van der Waals surface area contributed by atoms with Gasteiger partial charge in [0, 0.05) is 20.1 Å². The normalized spacial score (nSPS) is 8.62. The summed E-state index contributed by atoms with van der Waals surface area (Å²) in [6.07, 6.45) is 0. The lowest BCUT2D eigenvalue weighted by Crippen LogP contribution is -2.02. The van der Waals surface area contributed by atoms with E-state index in [1.54, 1.807) is 0 Å². The molecule has 0 aliphatic carbocycles. The highest BCUT2D eigenvalue weighted by molar-refractivity contribution is 5.65. The predicted octanol–water partition coefficient (Wildman–Crippen LogP) is 1.24. The van der Waals surface area contributed by atoms with Crippen molar-refractivity contribution in [3.8, 4) is 0 Å². The fourth-order valence-corrected chi connectivity index (χ4v) is 0.407. The summed E-state index contributed by atoms with van der Waals surface area (Å²) < 4.78 is 14.1. The number of methoxy groups -OCH3 is 1. The van der Waals surface area contributed by atoms with E-state index in [1.807, 2.05) is 13.8 Å². The fourth-order valence-electron chi connectivity index (χ4n) is 0.407. The van der Waals surface area contributed by atoms with Crippen LogP contribution in [0.15, 0.2) is 0 Å². The molecule has 0 saturated heterocycles. The first kappa shape index (κ1) is 14.9. The number of hydrogen-bond acceptors (Lipinski definition) is 4. The molecule has 4 heteroatoms. The van der Waals surface area contributed by atoms with Crippen LogP contribution in [0.4, 0.5) is 0 Å². The van der Waals surface area contributed by atoms with Crippen molar-refractivity contribution in [1.82, 2.24) is 0 Å². The molecule has 0 aliphatic heterocycles. The lowest BCUT2D eigenvalue weighted by molar-refractivity contribution is -0.137. The maximum atomic E-state index is 9.59. The average Bonchev–Trinajstić information content (AvgIpc) is 2.14. The van der Waals surface area contributed by atoms with Crippen LogP contribution in [0.2, 0.25) is 0 Å². The van der Waals surface area contributed by atoms with Crippen molar-refractivity contribution in [2.24, 2.45) is 0 Å². The minimum Gasteiger partial charge on any atom is -0.469 e. The molecule has 0 radical (unpaired) electrons. The van der Waals surface area contributed by atoms with Crippen LogP contribution in [0.5, 0.6) is 0 Å². The monoisotopic (exact) mass is 192 g/mol. The van der Waals surface area contributed by atoms with E-state index in [1.165, 1.54) is 14.0 Å². The average molecular weight is 192 g/mol. The Morgan fingerprint density at radius 1 is 1.08 bits per heavy atom. The van der Waals surface area contributed by atoms with Crippen molar-refractivity contribution in [3.63, 3.8) is 0 Å². The van der Waals surface area contributed by atoms with E-state index in [2.05, 4.69) is 4.74 Å². The zero-order chi connectivity index (χ0) is 10.5. The molecule has 0 spiro atoms. The highest BCUT2D eigenvalue weighted by atomic mass is 16.5. The number of esters is 1. The molecule has 13 heavy (non-hydrogen) atoms. The minimum atomic E-state index is -0.245. The second-order valence-corrected chi connectivity index (χ2v) is 2.09. The van der Waals surface area contributed by atoms with Gasteiger partial charge in [0.05, 0.1) is 20.3 Å². The van der Waals surface area contributed by atoms with Gasteiger partial charge >= 0.3 is 5.97 Å². The highest BCUT2D eigenvalue weighted by Crippen LogP contribution is 1.75. The summed E-state index contributed by atoms with van der Waals surface area (Å²) in [5.74, 6) is -0.245. The summed E-state index contributed by atoms with van der Waals surface area (Å²) >= 11 is 0. The topological polar surface area (TPSA) is 44.8 Å². The third kappa shape index (κ3) is 24.6. The number of carbonyl (C=O) groups is 1. The molecule has 0 atom stereocenters. The maximum Gasteiger partial charge on any atom is 0.302 e. The molecule has 0 N–H and O–H groups in total. The summed E-state index contributed by atoms with van der Waals surface area (Å²) in [6.45, 7) is 8.34. The molecule has 0 amide bonds. The molecule has 80 valence electrons. The lowest BCUT2D eigenvalue weighted by atomic mass is 10.7. The van der Waals surface area contributed by atoms with Crippen molar-refractivity contribution < 1.29 is 19.0 Å². The number of carbonyl (C=O) groups excluding carboxylic acids is 1. The third-order valence-corrected chi connectivity index (χ3v) is 1.07. The van der Waals surface area contributed by atoms with Crippen molar-refractivity contribution in [2.45, 2.75) is 20.8 Å². The van der Waals surface area contributed by atoms with E-state index in [-0.39, 0.29) is 5.97 Å². The standard InChI is InChI=1S/C6H14O2.C3H6O2/c1-3-7-5-6-8-4-2;1-3(4)5-2/h3-6H2,1-2H3;1-2H3. The first-order valence-corrected chi connectivity index (χ1v) is 4.39. The SMILES string of the molecule is CCOCCOCC.COC(C)=O. The molecule has 0 aliphatic rings. The van der Waals surface area contributed by atoms with Gasteiger partial charge in [0.15, 0.2) is 0 Å². The predicted molar refractivity (Wildman–Crippen MR) is 50.7 cm³/mol. The van der Waals surface area contributed by atoms with E-state index < -0.39 is 0 Å². The van der Waals surface area contributed by atoms with E-state index in [0.717, 1.165) is 26.4 Å². The second-order valence-electron chi connectivity index (χ2n) is 2.09. The molecule has 0 bridgehead atoms. The van der Waals surface area contributed by atoms with Gasteiger partial charge in [0.2, 0.25) is 0 Å². The van der Waals surface area contributed by atoms with E-state index >= 15 is 0 Å². The molecular formula is C9H20O4. The molecular weight excluding hydrogens is 172 g/mol. The fraction of sp³-hybridized carbons (Fsp3) is 0.889. The van der Waals surface area contributed by atoms with Crippen LogP contribution in [-0.2, 0) is 19.0 Å². The van der Waals surface area contributed by atoms with Gasteiger partial charge in [0.25, 0.3) is 0 Å². The van der Waals surface area contributed by atoms with Crippen molar-refractivity contribution >= 4 is 5.97 Å². The van der Waals surface area contributed by atoms with E-state index in [9.17, 15) is 4.79 Å². The van der Waals surface area contributed by atoms with Gasteiger partial charge in [-0.3, -0.25) is 4.79 Å². The molecule has 0 aromatic carbocycles. The first-order chi connectivity index (χ1) is 6.18. The Labute approximate surface area is 80.2 Å². The summed E-state index contributed by atoms with van der Waals surface area (Å²) in [7, 11) is 1.35. The Bertz CT molecular complexity index is 97.8. The van der Waals surface area contributed by atoms with Crippen molar-refractivity contribution in [1.29, 1.82) is 0 Å². The molecule has 0 saturated carbocycles. The molecule has 0 heterocycles. The quantitative estimate of drug-likeness (QED) is 0.485. The Balaban J connectivity index is 0. The van der Waals surface area contributed by atoms with Crippen LogP contribution >= 0.6 is 0 Å². The Morgan fingerprint density at radius 2 is 1.38 bits per heavy atom. The molecule has 0 aromatic rings. The third-order valence-electron chi connectivity index (χ3n) is 1.07. The van der Waals surface area contributed by atoms with Crippen LogP contribution < -0.4 is 0 Å². The molecule has 0 fully saturated rings.